The number of carbonyl (C=O) groups is 1. The second-order valence-corrected chi connectivity index (χ2v) is 6.19. The maximum absolute atomic E-state index is 12.0. The first-order valence-electron chi connectivity index (χ1n) is 7.27. The van der Waals surface area contributed by atoms with Crippen LogP contribution < -0.4 is 0 Å². The third-order valence-corrected chi connectivity index (χ3v) is 3.74. The van der Waals surface area contributed by atoms with Crippen molar-refractivity contribution in [2.75, 3.05) is 33.4 Å². The molecule has 106 valence electrons. The summed E-state index contributed by atoms with van der Waals surface area (Å²) in [7, 11) is 1.74. The van der Waals surface area contributed by atoms with Gasteiger partial charge in [0.15, 0.2) is 0 Å². The fourth-order valence-corrected chi connectivity index (χ4v) is 2.81. The van der Waals surface area contributed by atoms with E-state index in [0.717, 1.165) is 45.5 Å². The highest BCUT2D eigenvalue weighted by Gasteiger charge is 2.28. The van der Waals surface area contributed by atoms with E-state index in [1.807, 2.05) is 0 Å². The summed E-state index contributed by atoms with van der Waals surface area (Å²) in [5.74, 6) is 2.07. The van der Waals surface area contributed by atoms with Crippen molar-refractivity contribution in [1.82, 2.24) is 4.90 Å². The lowest BCUT2D eigenvalue weighted by Gasteiger charge is -2.32. The molecular formula is C15H29NO2. The van der Waals surface area contributed by atoms with Crippen molar-refractivity contribution in [2.24, 2.45) is 17.8 Å². The number of methoxy groups -OCH3 is 1. The van der Waals surface area contributed by atoms with Crippen molar-refractivity contribution in [3.8, 4) is 0 Å². The van der Waals surface area contributed by atoms with E-state index in [-0.39, 0.29) is 5.92 Å². The van der Waals surface area contributed by atoms with Crippen LogP contribution in [-0.2, 0) is 9.53 Å². The van der Waals surface area contributed by atoms with Crippen LogP contribution in [0.1, 0.15) is 40.0 Å². The maximum Gasteiger partial charge on any atom is 0.137 e. The number of hydrogen-bond donors (Lipinski definition) is 0. The number of carbonyl (C=O) groups excluding carboxylic acids is 1. The molecule has 0 heterocycles. The Kier molecular flexibility index (Phi) is 6.87. The van der Waals surface area contributed by atoms with Crippen LogP contribution in [0.3, 0.4) is 0 Å². The number of hydrogen-bond acceptors (Lipinski definition) is 3. The normalized spacial score (nSPS) is 25.1. The largest absolute Gasteiger partial charge is 0.383 e. The molecule has 0 aromatic heterocycles. The van der Waals surface area contributed by atoms with Gasteiger partial charge in [-0.1, -0.05) is 20.8 Å². The molecule has 1 aliphatic carbocycles. The predicted molar refractivity (Wildman–Crippen MR) is 74.7 cm³/mol. The molecule has 18 heavy (non-hydrogen) atoms. The average molecular weight is 255 g/mol. The molecular weight excluding hydrogens is 226 g/mol. The summed E-state index contributed by atoms with van der Waals surface area (Å²) in [6.45, 7) is 10.4. The quantitative estimate of drug-likeness (QED) is 0.700. The van der Waals surface area contributed by atoms with Crippen molar-refractivity contribution >= 4 is 5.78 Å². The zero-order chi connectivity index (χ0) is 13.5. The fraction of sp³-hybridized carbons (Fsp3) is 0.933. The minimum atomic E-state index is 0.254. The average Bonchev–Trinajstić information content (AvgIpc) is 2.30. The van der Waals surface area contributed by atoms with Crippen molar-refractivity contribution in [3.63, 3.8) is 0 Å². The van der Waals surface area contributed by atoms with Gasteiger partial charge in [0.1, 0.15) is 5.78 Å². The van der Waals surface area contributed by atoms with Crippen LogP contribution in [0.4, 0.5) is 0 Å². The van der Waals surface area contributed by atoms with Crippen LogP contribution in [0.25, 0.3) is 0 Å². The van der Waals surface area contributed by atoms with Crippen LogP contribution in [0.2, 0.25) is 0 Å². The number of nitrogens with zero attached hydrogens (tertiary/aromatic N) is 1. The Balaban J connectivity index is 2.49. The van der Waals surface area contributed by atoms with E-state index in [2.05, 4.69) is 25.7 Å². The van der Waals surface area contributed by atoms with Crippen LogP contribution in [-0.4, -0.2) is 44.0 Å². The molecule has 1 rings (SSSR count). The topological polar surface area (TPSA) is 29.5 Å². The molecule has 1 saturated carbocycles. The monoisotopic (exact) mass is 255 g/mol. The van der Waals surface area contributed by atoms with Gasteiger partial charge in [0.25, 0.3) is 0 Å². The van der Waals surface area contributed by atoms with Crippen LogP contribution in [0.15, 0.2) is 0 Å². The van der Waals surface area contributed by atoms with Gasteiger partial charge >= 0.3 is 0 Å². The summed E-state index contributed by atoms with van der Waals surface area (Å²) in [5.41, 5.74) is 0. The first kappa shape index (κ1) is 15.6. The molecule has 0 N–H and O–H groups in total. The van der Waals surface area contributed by atoms with Gasteiger partial charge in [0, 0.05) is 39.1 Å². The molecule has 2 unspecified atom stereocenters. The van der Waals surface area contributed by atoms with E-state index in [0.29, 0.717) is 17.6 Å². The number of ether oxygens (including phenoxy) is 1. The third-order valence-electron chi connectivity index (χ3n) is 3.74. The van der Waals surface area contributed by atoms with E-state index >= 15 is 0 Å². The second kappa shape index (κ2) is 7.90. The van der Waals surface area contributed by atoms with Crippen molar-refractivity contribution in [1.29, 1.82) is 0 Å². The van der Waals surface area contributed by atoms with Gasteiger partial charge in [-0.3, -0.25) is 4.79 Å². The van der Waals surface area contributed by atoms with Gasteiger partial charge < -0.3 is 9.64 Å². The van der Waals surface area contributed by atoms with E-state index in [9.17, 15) is 4.79 Å². The molecule has 0 aromatic carbocycles. The highest BCUT2D eigenvalue weighted by Crippen LogP contribution is 2.26. The zero-order valence-corrected chi connectivity index (χ0v) is 12.4. The molecule has 0 aromatic rings. The van der Waals surface area contributed by atoms with E-state index in [1.165, 1.54) is 0 Å². The lowest BCUT2D eigenvalue weighted by atomic mass is 9.81. The molecule has 3 nitrogen and oxygen atoms in total. The Labute approximate surface area is 112 Å². The lowest BCUT2D eigenvalue weighted by molar-refractivity contribution is -0.126. The summed E-state index contributed by atoms with van der Waals surface area (Å²) in [6, 6.07) is 0. The van der Waals surface area contributed by atoms with E-state index in [4.69, 9.17) is 4.74 Å². The van der Waals surface area contributed by atoms with Crippen molar-refractivity contribution in [3.05, 3.63) is 0 Å². The van der Waals surface area contributed by atoms with Gasteiger partial charge in [-0.2, -0.15) is 0 Å². The molecule has 0 spiro atoms. The SMILES string of the molecule is COCCN(CC(C)C)CC1CC(C)CCC1=O. The number of Topliss-reactive ketones (excluding diaryl/α,β-unsaturated/α-hetero) is 1. The molecule has 0 amide bonds. The first-order chi connectivity index (χ1) is 8.52. The second-order valence-electron chi connectivity index (χ2n) is 6.19. The molecule has 0 bridgehead atoms. The zero-order valence-electron chi connectivity index (χ0n) is 12.4. The summed E-state index contributed by atoms with van der Waals surface area (Å²) in [4.78, 5) is 14.4. The third kappa shape index (κ3) is 5.49. The van der Waals surface area contributed by atoms with Crippen molar-refractivity contribution in [2.45, 2.75) is 40.0 Å². The standard InChI is InChI=1S/C15H29NO2/c1-12(2)10-16(7-8-18-4)11-14-9-13(3)5-6-15(14)17/h12-14H,5-11H2,1-4H3. The summed E-state index contributed by atoms with van der Waals surface area (Å²) < 4.78 is 5.16. The molecule has 0 aliphatic heterocycles. The predicted octanol–water partition coefficient (Wildman–Crippen LogP) is 2.60. The van der Waals surface area contributed by atoms with Gasteiger partial charge in [-0.15, -0.1) is 0 Å². The van der Waals surface area contributed by atoms with Gasteiger partial charge in [0.2, 0.25) is 0 Å². The van der Waals surface area contributed by atoms with E-state index < -0.39 is 0 Å². The molecule has 0 radical (unpaired) electrons. The molecule has 3 heteroatoms. The lowest BCUT2D eigenvalue weighted by Crippen LogP contribution is -2.39. The minimum absolute atomic E-state index is 0.254. The number of rotatable bonds is 7. The first-order valence-corrected chi connectivity index (χ1v) is 7.27. The minimum Gasteiger partial charge on any atom is -0.383 e. The smallest absolute Gasteiger partial charge is 0.137 e. The van der Waals surface area contributed by atoms with Crippen LogP contribution in [0, 0.1) is 17.8 Å². The Morgan fingerprint density at radius 3 is 2.78 bits per heavy atom. The Hall–Kier alpha value is -0.410. The molecule has 2 atom stereocenters. The Morgan fingerprint density at radius 2 is 2.17 bits per heavy atom. The van der Waals surface area contributed by atoms with Gasteiger partial charge in [0.05, 0.1) is 6.61 Å². The summed E-state index contributed by atoms with van der Waals surface area (Å²) in [5, 5.41) is 0. The molecule has 1 aliphatic rings. The highest BCUT2D eigenvalue weighted by molar-refractivity contribution is 5.81. The number of ketones is 1. The molecule has 0 saturated heterocycles. The Morgan fingerprint density at radius 1 is 1.44 bits per heavy atom. The summed E-state index contributed by atoms with van der Waals surface area (Å²) in [6.07, 6.45) is 2.93. The maximum atomic E-state index is 12.0. The molecule has 1 fully saturated rings. The van der Waals surface area contributed by atoms with Gasteiger partial charge in [-0.25, -0.2) is 0 Å². The fourth-order valence-electron chi connectivity index (χ4n) is 2.81. The Bertz CT molecular complexity index is 253. The summed E-state index contributed by atoms with van der Waals surface area (Å²) >= 11 is 0. The van der Waals surface area contributed by atoms with Gasteiger partial charge in [-0.05, 0) is 24.7 Å². The van der Waals surface area contributed by atoms with Crippen LogP contribution in [0.5, 0.6) is 0 Å². The van der Waals surface area contributed by atoms with Crippen LogP contribution >= 0.6 is 0 Å². The van der Waals surface area contributed by atoms with E-state index in [1.54, 1.807) is 7.11 Å². The van der Waals surface area contributed by atoms with Crippen molar-refractivity contribution < 1.29 is 9.53 Å². The highest BCUT2D eigenvalue weighted by atomic mass is 16.5.